The van der Waals surface area contributed by atoms with Gasteiger partial charge in [0.25, 0.3) is 0 Å². The Labute approximate surface area is 381 Å². The van der Waals surface area contributed by atoms with Crippen molar-refractivity contribution < 1.29 is 80.5 Å². The number of rotatable bonds is 31. The number of carbonyl (C=O) groups excluding carboxylic acids is 3. The van der Waals surface area contributed by atoms with Crippen LogP contribution in [-0.2, 0) is 50.7 Å². The number of ether oxygens (including phenoxy) is 1. The van der Waals surface area contributed by atoms with E-state index in [2.05, 4.69) is 41.3 Å². The van der Waals surface area contributed by atoms with Gasteiger partial charge in [0.15, 0.2) is 17.7 Å². The van der Waals surface area contributed by atoms with E-state index in [1.165, 1.54) is 65.2 Å². The monoisotopic (exact) mass is 1000 g/mol. The van der Waals surface area contributed by atoms with Crippen molar-refractivity contribution in [2.45, 2.75) is 135 Å². The zero-order chi connectivity index (χ0) is 48.4. The van der Waals surface area contributed by atoms with Gasteiger partial charge in [-0.3, -0.25) is 32.5 Å². The Kier molecular flexibility index (Phi) is 23.3. The number of anilines is 1. The maximum atomic E-state index is 12.7. The lowest BCUT2D eigenvalue weighted by molar-refractivity contribution is -0.137. The molecule has 0 aliphatic carbocycles. The van der Waals surface area contributed by atoms with Crippen molar-refractivity contribution >= 4 is 69.1 Å². The molecule has 370 valence electrons. The average molecular weight is 1000 g/mol. The molecule has 1 aliphatic rings. The Balaban J connectivity index is 1.36. The number of aliphatic hydroxyl groups excluding tert-OH is 2. The van der Waals surface area contributed by atoms with Gasteiger partial charge in [-0.15, -0.1) is 0 Å². The molecule has 3 heterocycles. The van der Waals surface area contributed by atoms with Crippen molar-refractivity contribution in [3.63, 3.8) is 0 Å². The van der Waals surface area contributed by atoms with Gasteiger partial charge in [-0.05, 0) is 25.3 Å². The molecule has 10 N–H and O–H groups in total. The van der Waals surface area contributed by atoms with Gasteiger partial charge in [-0.1, -0.05) is 96.4 Å². The van der Waals surface area contributed by atoms with Crippen LogP contribution in [0.1, 0.15) is 111 Å². The van der Waals surface area contributed by atoms with Crippen molar-refractivity contribution in [3.05, 3.63) is 24.3 Å². The van der Waals surface area contributed by atoms with Crippen LogP contribution in [0.2, 0.25) is 0 Å². The SMILES string of the molecule is CCCCCCCCCCCCC=C(C)C(=O)SCCNC(=O)CCNC(=O)[C@H](O)C(C)(C)COP(=O)(O)OP(=O)(O)OC[C@H]1O[C@@H](n2cnc3c(N)ncnc32)[C@H](O)[C@@H]1OP(=O)(O)O. The number of aromatic nitrogens is 4. The molecular weight excluding hydrogens is 939 g/mol. The fourth-order valence-electron chi connectivity index (χ4n) is 6.42. The molecule has 0 radical (unpaired) electrons. The molecule has 65 heavy (non-hydrogen) atoms. The first kappa shape index (κ1) is 56.6. The molecule has 2 aromatic rings. The van der Waals surface area contributed by atoms with E-state index in [1.807, 2.05) is 6.08 Å². The van der Waals surface area contributed by atoms with Gasteiger partial charge in [0.2, 0.25) is 16.9 Å². The summed E-state index contributed by atoms with van der Waals surface area (Å²) in [5.74, 6) is -1.09. The van der Waals surface area contributed by atoms with Crippen molar-refractivity contribution in [1.82, 2.24) is 30.2 Å². The average Bonchev–Trinajstić information content (AvgIpc) is 3.79. The molecule has 1 fully saturated rings. The van der Waals surface area contributed by atoms with Gasteiger partial charge in [-0.25, -0.2) is 28.6 Å². The number of hydrogen-bond acceptors (Lipinski definition) is 18. The van der Waals surface area contributed by atoms with Crippen LogP contribution in [0.3, 0.4) is 0 Å². The smallest absolute Gasteiger partial charge is 0.386 e. The Morgan fingerprint density at radius 1 is 0.954 bits per heavy atom. The van der Waals surface area contributed by atoms with Gasteiger partial charge >= 0.3 is 23.5 Å². The van der Waals surface area contributed by atoms with Gasteiger partial charge in [0.1, 0.15) is 36.3 Å². The zero-order valence-corrected chi connectivity index (χ0v) is 40.4. The van der Waals surface area contributed by atoms with Crippen LogP contribution in [-0.4, -0.2) is 123 Å². The Morgan fingerprint density at radius 2 is 1.58 bits per heavy atom. The summed E-state index contributed by atoms with van der Waals surface area (Å²) in [5.41, 5.74) is 4.95. The lowest BCUT2D eigenvalue weighted by Crippen LogP contribution is -2.46. The first-order chi connectivity index (χ1) is 30.5. The Hall–Kier alpha value is -2.70. The molecule has 2 amide bonds. The summed E-state index contributed by atoms with van der Waals surface area (Å²) in [4.78, 5) is 88.6. The number of nitrogens with two attached hydrogens (primary N) is 1. The molecule has 0 bridgehead atoms. The molecule has 0 spiro atoms. The van der Waals surface area contributed by atoms with Crippen LogP contribution >= 0.6 is 35.2 Å². The van der Waals surface area contributed by atoms with E-state index in [0.29, 0.717) is 11.3 Å². The number of imidazole rings is 1. The predicted molar refractivity (Wildman–Crippen MR) is 237 cm³/mol. The van der Waals surface area contributed by atoms with E-state index in [9.17, 15) is 57.9 Å². The summed E-state index contributed by atoms with van der Waals surface area (Å²) in [7, 11) is -16.4. The minimum Gasteiger partial charge on any atom is -0.386 e. The topological polar surface area (TPSA) is 364 Å². The van der Waals surface area contributed by atoms with Crippen LogP contribution in [0.4, 0.5) is 5.82 Å². The number of fused-ring (bicyclic) bond motifs is 1. The number of thioether (sulfide) groups is 1. The lowest BCUT2D eigenvalue weighted by atomic mass is 9.87. The second-order valence-electron chi connectivity index (χ2n) is 16.1. The third kappa shape index (κ3) is 19.8. The van der Waals surface area contributed by atoms with E-state index < -0.39 is 84.6 Å². The highest BCUT2D eigenvalue weighted by Crippen LogP contribution is 2.61. The Morgan fingerprint density at radius 3 is 2.23 bits per heavy atom. The molecule has 0 aromatic carbocycles. The van der Waals surface area contributed by atoms with E-state index in [4.69, 9.17) is 19.5 Å². The zero-order valence-electron chi connectivity index (χ0n) is 36.9. The molecule has 24 nitrogen and oxygen atoms in total. The number of carbonyl (C=O) groups is 3. The maximum Gasteiger partial charge on any atom is 0.481 e. The predicted octanol–water partition coefficient (Wildman–Crippen LogP) is 3.92. The van der Waals surface area contributed by atoms with Gasteiger partial charge in [-0.2, -0.15) is 4.31 Å². The molecule has 3 rings (SSSR count). The summed E-state index contributed by atoms with van der Waals surface area (Å²) in [6.45, 7) is 4.51. The van der Waals surface area contributed by atoms with Gasteiger partial charge < -0.3 is 50.9 Å². The molecule has 1 aliphatic heterocycles. The number of nitrogen functional groups attached to an aromatic ring is 1. The summed E-state index contributed by atoms with van der Waals surface area (Å²) in [6.07, 6.45) is 8.28. The maximum absolute atomic E-state index is 12.7. The third-order valence-electron chi connectivity index (χ3n) is 10.1. The van der Waals surface area contributed by atoms with Crippen LogP contribution < -0.4 is 16.4 Å². The van der Waals surface area contributed by atoms with E-state index in [-0.39, 0.29) is 41.6 Å². The first-order valence-electron chi connectivity index (χ1n) is 21.2. The van der Waals surface area contributed by atoms with Crippen molar-refractivity contribution in [3.8, 4) is 0 Å². The molecule has 28 heteroatoms. The minimum atomic E-state index is -5.58. The van der Waals surface area contributed by atoms with Crippen LogP contribution in [0.25, 0.3) is 11.2 Å². The molecule has 2 unspecified atom stereocenters. The normalized spacial score (nSPS) is 20.6. The standard InChI is InChI=1S/C37H64N7O17P3S/c1-5-6-7-8-9-10-11-12-13-14-15-16-25(2)36(49)65-20-19-39-27(45)17-18-40-34(48)31(47)37(3,4)22-58-64(55,56)61-63(53,54)57-21-26-30(60-62(50,51)52)29(46)35(59-26)44-24-43-28-32(38)41-23-42-33(28)44/h16,23-24,26,29-31,35,46-47H,5-15,17-22H2,1-4H3,(H,39,45)(H,40,48)(H,53,54)(H,55,56)(H2,38,41,42)(H2,50,51,52)/t26-,29-,30-,31+,35-/m1/s1. The summed E-state index contributed by atoms with van der Waals surface area (Å²) >= 11 is 1.09. The Bertz CT molecular complexity index is 2040. The molecule has 0 saturated carbocycles. The minimum absolute atomic E-state index is 0.0321. The molecular formula is C37H64N7O17P3S. The number of aliphatic hydroxyl groups is 2. The number of phosphoric acid groups is 3. The highest BCUT2D eigenvalue weighted by molar-refractivity contribution is 8.14. The molecule has 2 aromatic heterocycles. The second-order valence-corrected chi connectivity index (χ2v) is 21.4. The summed E-state index contributed by atoms with van der Waals surface area (Å²) in [6, 6.07) is 0. The third-order valence-corrected chi connectivity index (χ3v) is 14.2. The number of nitrogens with one attached hydrogen (secondary N) is 2. The number of allylic oxidation sites excluding steroid dienone is 1. The number of hydrogen-bond donors (Lipinski definition) is 9. The van der Waals surface area contributed by atoms with E-state index >= 15 is 0 Å². The largest absolute Gasteiger partial charge is 0.481 e. The fourth-order valence-corrected chi connectivity index (χ4v) is 9.95. The molecule has 7 atom stereocenters. The fraction of sp³-hybridized carbons (Fsp3) is 0.730. The highest BCUT2D eigenvalue weighted by atomic mass is 32.2. The van der Waals surface area contributed by atoms with Crippen LogP contribution in [0.15, 0.2) is 24.3 Å². The van der Waals surface area contributed by atoms with Crippen molar-refractivity contribution in [2.24, 2.45) is 5.41 Å². The van der Waals surface area contributed by atoms with Crippen LogP contribution in [0.5, 0.6) is 0 Å². The van der Waals surface area contributed by atoms with Crippen molar-refractivity contribution in [1.29, 1.82) is 0 Å². The highest BCUT2D eigenvalue weighted by Gasteiger charge is 2.50. The number of amides is 2. The first-order valence-corrected chi connectivity index (χ1v) is 26.7. The lowest BCUT2D eigenvalue weighted by Gasteiger charge is -2.30. The van der Waals surface area contributed by atoms with Gasteiger partial charge in [0, 0.05) is 30.7 Å². The van der Waals surface area contributed by atoms with E-state index in [0.717, 1.165) is 48.2 Å². The number of phosphoric ester groups is 3. The second kappa shape index (κ2) is 26.7. The van der Waals surface area contributed by atoms with Crippen molar-refractivity contribution in [2.75, 3.05) is 37.8 Å². The van der Waals surface area contributed by atoms with Gasteiger partial charge in [0.05, 0.1) is 19.5 Å². The van der Waals surface area contributed by atoms with Crippen LogP contribution in [0, 0.1) is 5.41 Å². The number of unbranched alkanes of at least 4 members (excludes halogenated alkanes) is 10. The summed E-state index contributed by atoms with van der Waals surface area (Å²) in [5, 5.41) is 26.5. The number of nitrogens with zero attached hydrogens (tertiary/aromatic N) is 4. The van der Waals surface area contributed by atoms with E-state index in [1.54, 1.807) is 6.92 Å². The quantitative estimate of drug-likeness (QED) is 0.0293. The molecule has 1 saturated heterocycles. The summed E-state index contributed by atoms with van der Waals surface area (Å²) < 4.78 is 62.4.